The monoisotopic (exact) mass is 382 g/mol. The summed E-state index contributed by atoms with van der Waals surface area (Å²) >= 11 is 1.43. The molecule has 0 fully saturated rings. The summed E-state index contributed by atoms with van der Waals surface area (Å²) in [4.78, 5) is 24.5. The maximum Gasteiger partial charge on any atom is 0.225 e. The molecule has 0 amide bonds. The molecule has 0 bridgehead atoms. The van der Waals surface area contributed by atoms with E-state index in [1.54, 1.807) is 0 Å². The van der Waals surface area contributed by atoms with E-state index >= 15 is 0 Å². The number of carbonyl (C=O) groups is 1. The Hall–Kier alpha value is -2.87. The number of benzene rings is 1. The molecule has 8 heteroatoms. The van der Waals surface area contributed by atoms with E-state index in [4.69, 9.17) is 11.5 Å². The molecule has 3 rings (SSSR count). The van der Waals surface area contributed by atoms with E-state index in [0.717, 1.165) is 23.5 Å². The number of anilines is 2. The third-order valence-corrected chi connectivity index (χ3v) is 5.17. The molecule has 0 saturated heterocycles. The number of aromatic nitrogens is 4. The fourth-order valence-corrected chi connectivity index (χ4v) is 3.68. The summed E-state index contributed by atoms with van der Waals surface area (Å²) in [5, 5.41) is 0. The summed E-state index contributed by atoms with van der Waals surface area (Å²) in [6.07, 6.45) is 0. The van der Waals surface area contributed by atoms with Crippen LogP contribution in [-0.2, 0) is 12.3 Å². The Morgan fingerprint density at radius 2 is 1.74 bits per heavy atom. The normalized spacial score (nSPS) is 10.9. The fraction of sp³-hybridized carbons (Fsp3) is 0.263. The first-order valence-electron chi connectivity index (χ1n) is 8.51. The SMILES string of the molecule is Cc1cc(C(=O)CSCc2nc(N)nc(N)n2)c(C)n1Cc1ccccc1. The van der Waals surface area contributed by atoms with Gasteiger partial charge in [-0.3, -0.25) is 4.79 Å². The molecule has 0 aliphatic carbocycles. The molecule has 0 spiro atoms. The number of Topliss-reactive ketones (excluding diaryl/α,β-unsaturated/α-hetero) is 1. The second-order valence-electron chi connectivity index (χ2n) is 6.24. The highest BCUT2D eigenvalue weighted by Crippen LogP contribution is 2.20. The van der Waals surface area contributed by atoms with E-state index < -0.39 is 0 Å². The minimum Gasteiger partial charge on any atom is -0.368 e. The van der Waals surface area contributed by atoms with Gasteiger partial charge in [0.1, 0.15) is 5.82 Å². The summed E-state index contributed by atoms with van der Waals surface area (Å²) in [7, 11) is 0. The molecular formula is C19H22N6OS. The number of aryl methyl sites for hydroxylation is 1. The van der Waals surface area contributed by atoms with E-state index in [1.165, 1.54) is 17.3 Å². The zero-order valence-electron chi connectivity index (χ0n) is 15.3. The van der Waals surface area contributed by atoms with Crippen molar-refractivity contribution >= 4 is 29.4 Å². The Morgan fingerprint density at radius 1 is 1.07 bits per heavy atom. The molecule has 3 aromatic rings. The van der Waals surface area contributed by atoms with Crippen molar-refractivity contribution in [3.8, 4) is 0 Å². The third kappa shape index (κ3) is 4.65. The molecule has 27 heavy (non-hydrogen) atoms. The number of hydrogen-bond acceptors (Lipinski definition) is 7. The first-order chi connectivity index (χ1) is 12.9. The number of thioether (sulfide) groups is 1. The van der Waals surface area contributed by atoms with Crippen molar-refractivity contribution in [3.63, 3.8) is 0 Å². The average Bonchev–Trinajstić information content (AvgIpc) is 2.90. The van der Waals surface area contributed by atoms with Crippen molar-refractivity contribution in [2.24, 2.45) is 0 Å². The van der Waals surface area contributed by atoms with Crippen LogP contribution >= 0.6 is 11.8 Å². The largest absolute Gasteiger partial charge is 0.368 e. The predicted octanol–water partition coefficient (Wildman–Crippen LogP) is 2.62. The van der Waals surface area contributed by atoms with Gasteiger partial charge in [-0.2, -0.15) is 15.0 Å². The molecule has 0 saturated carbocycles. The van der Waals surface area contributed by atoms with Crippen LogP contribution < -0.4 is 11.5 Å². The topological polar surface area (TPSA) is 113 Å². The lowest BCUT2D eigenvalue weighted by Crippen LogP contribution is -2.09. The standard InChI is InChI=1S/C19H22N6OS/c1-12-8-15(13(2)25(12)9-14-6-4-3-5-7-14)16(26)10-27-11-17-22-18(20)24-19(21)23-17/h3-8H,9-11H2,1-2H3,(H4,20,21,22,23,24). The van der Waals surface area contributed by atoms with Gasteiger partial charge in [-0.1, -0.05) is 30.3 Å². The van der Waals surface area contributed by atoms with Crippen LogP contribution in [0.3, 0.4) is 0 Å². The number of hydrogen-bond donors (Lipinski definition) is 2. The van der Waals surface area contributed by atoms with E-state index in [0.29, 0.717) is 17.3 Å². The molecule has 2 aromatic heterocycles. The van der Waals surface area contributed by atoms with Gasteiger partial charge in [0.15, 0.2) is 5.78 Å². The summed E-state index contributed by atoms with van der Waals surface area (Å²) < 4.78 is 2.17. The molecule has 7 nitrogen and oxygen atoms in total. The number of carbonyl (C=O) groups excluding carboxylic acids is 1. The van der Waals surface area contributed by atoms with Gasteiger partial charge in [-0.15, -0.1) is 11.8 Å². The van der Waals surface area contributed by atoms with Crippen molar-refractivity contribution in [1.82, 2.24) is 19.5 Å². The van der Waals surface area contributed by atoms with Crippen LogP contribution in [0.2, 0.25) is 0 Å². The minimum atomic E-state index is 0.0856. The number of nitrogen functional groups attached to an aromatic ring is 2. The number of ketones is 1. The maximum absolute atomic E-state index is 12.7. The highest BCUT2D eigenvalue weighted by atomic mass is 32.2. The number of nitrogens with zero attached hydrogens (tertiary/aromatic N) is 4. The first kappa shape index (κ1) is 18.9. The second kappa shape index (κ2) is 8.22. The first-order valence-corrected chi connectivity index (χ1v) is 9.67. The van der Waals surface area contributed by atoms with E-state index in [2.05, 4.69) is 31.7 Å². The third-order valence-electron chi connectivity index (χ3n) is 4.24. The molecule has 2 heterocycles. The van der Waals surface area contributed by atoms with E-state index in [9.17, 15) is 4.79 Å². The van der Waals surface area contributed by atoms with Crippen LogP contribution in [0.4, 0.5) is 11.9 Å². The van der Waals surface area contributed by atoms with Crippen molar-refractivity contribution in [3.05, 3.63) is 64.7 Å². The molecule has 0 radical (unpaired) electrons. The smallest absolute Gasteiger partial charge is 0.225 e. The van der Waals surface area contributed by atoms with Gasteiger partial charge in [0.2, 0.25) is 11.9 Å². The zero-order chi connectivity index (χ0) is 19.4. The van der Waals surface area contributed by atoms with Gasteiger partial charge < -0.3 is 16.0 Å². The lowest BCUT2D eigenvalue weighted by molar-refractivity contribution is 0.102. The van der Waals surface area contributed by atoms with Crippen LogP contribution in [-0.4, -0.2) is 31.1 Å². The van der Waals surface area contributed by atoms with Gasteiger partial charge in [0.25, 0.3) is 0 Å². The van der Waals surface area contributed by atoms with Gasteiger partial charge in [-0.25, -0.2) is 0 Å². The minimum absolute atomic E-state index is 0.0856. The lowest BCUT2D eigenvalue weighted by atomic mass is 10.2. The van der Waals surface area contributed by atoms with Gasteiger partial charge >= 0.3 is 0 Å². The lowest BCUT2D eigenvalue weighted by Gasteiger charge is -2.10. The number of nitrogens with two attached hydrogens (primary N) is 2. The predicted molar refractivity (Wildman–Crippen MR) is 109 cm³/mol. The highest BCUT2D eigenvalue weighted by molar-refractivity contribution is 7.99. The van der Waals surface area contributed by atoms with Crippen molar-refractivity contribution < 1.29 is 4.79 Å². The average molecular weight is 382 g/mol. The Labute approximate surface area is 162 Å². The van der Waals surface area contributed by atoms with Crippen molar-refractivity contribution in [2.45, 2.75) is 26.1 Å². The van der Waals surface area contributed by atoms with Crippen molar-refractivity contribution in [2.75, 3.05) is 17.2 Å². The summed E-state index contributed by atoms with van der Waals surface area (Å²) in [5.41, 5.74) is 15.1. The Bertz CT molecular complexity index is 934. The van der Waals surface area contributed by atoms with Crippen LogP contribution in [0.15, 0.2) is 36.4 Å². The van der Waals surface area contributed by atoms with Crippen molar-refractivity contribution in [1.29, 1.82) is 0 Å². The molecule has 0 aliphatic rings. The van der Waals surface area contributed by atoms with Crippen LogP contribution in [0.1, 0.15) is 33.1 Å². The molecule has 4 N–H and O–H groups in total. The van der Waals surface area contributed by atoms with Gasteiger partial charge in [0, 0.05) is 23.5 Å². The maximum atomic E-state index is 12.7. The van der Waals surface area contributed by atoms with Gasteiger partial charge in [0.05, 0.1) is 11.5 Å². The molecule has 140 valence electrons. The summed E-state index contributed by atoms with van der Waals surface area (Å²) in [5.74, 6) is 1.53. The summed E-state index contributed by atoms with van der Waals surface area (Å²) in [6.45, 7) is 4.76. The van der Waals surface area contributed by atoms with Crippen LogP contribution in [0.5, 0.6) is 0 Å². The quantitative estimate of drug-likeness (QED) is 0.604. The molecule has 1 aromatic carbocycles. The molecule has 0 unspecified atom stereocenters. The summed E-state index contributed by atoms with van der Waals surface area (Å²) in [6, 6.07) is 12.2. The second-order valence-corrected chi connectivity index (χ2v) is 7.23. The van der Waals surface area contributed by atoms with Crippen LogP contribution in [0.25, 0.3) is 0 Å². The van der Waals surface area contributed by atoms with Gasteiger partial charge in [-0.05, 0) is 25.5 Å². The number of rotatable bonds is 7. The fourth-order valence-electron chi connectivity index (χ4n) is 2.93. The van der Waals surface area contributed by atoms with E-state index in [-0.39, 0.29) is 17.7 Å². The highest BCUT2D eigenvalue weighted by Gasteiger charge is 2.16. The molecule has 0 atom stereocenters. The Morgan fingerprint density at radius 3 is 2.41 bits per heavy atom. The Kier molecular flexibility index (Phi) is 5.75. The molecular weight excluding hydrogens is 360 g/mol. The van der Waals surface area contributed by atoms with E-state index in [1.807, 2.05) is 38.1 Å². The molecule has 0 aliphatic heterocycles. The zero-order valence-corrected chi connectivity index (χ0v) is 16.2. The van der Waals surface area contributed by atoms with Crippen LogP contribution in [0, 0.1) is 13.8 Å². The Balaban J connectivity index is 1.65.